The zero-order valence-electron chi connectivity index (χ0n) is 17.3. The number of amides is 1. The maximum Gasteiger partial charge on any atom is 0.315 e. The van der Waals surface area contributed by atoms with E-state index < -0.39 is 16.4 Å². The lowest BCUT2D eigenvalue weighted by Crippen LogP contribution is -2.29. The Bertz CT molecular complexity index is 1220. The summed E-state index contributed by atoms with van der Waals surface area (Å²) in [5, 5.41) is 15.4. The van der Waals surface area contributed by atoms with Gasteiger partial charge >= 0.3 is 5.69 Å². The number of benzene rings is 2. The molecule has 0 saturated heterocycles. The minimum absolute atomic E-state index is 0.0182. The zero-order chi connectivity index (χ0) is 23.1. The van der Waals surface area contributed by atoms with Gasteiger partial charge in [0.25, 0.3) is 11.5 Å². The molecule has 0 atom stereocenters. The highest BCUT2D eigenvalue weighted by Crippen LogP contribution is 2.38. The number of ether oxygens (including phenoxy) is 2. The smallest absolute Gasteiger partial charge is 0.315 e. The molecule has 0 saturated carbocycles. The topological polar surface area (TPSA) is 125 Å². The van der Waals surface area contributed by atoms with Gasteiger partial charge in [-0.2, -0.15) is 5.10 Å². The first-order valence-corrected chi connectivity index (χ1v) is 9.43. The highest BCUT2D eigenvalue weighted by Gasteiger charge is 2.22. The van der Waals surface area contributed by atoms with Crippen LogP contribution in [0.3, 0.4) is 0 Å². The molecule has 10 nitrogen and oxygen atoms in total. The Hall–Kier alpha value is -4.47. The van der Waals surface area contributed by atoms with Gasteiger partial charge in [0.2, 0.25) is 5.75 Å². The summed E-state index contributed by atoms with van der Waals surface area (Å²) in [6.45, 7) is 0.119. The lowest BCUT2D eigenvalue weighted by molar-refractivity contribution is -0.386. The van der Waals surface area contributed by atoms with E-state index in [0.717, 1.165) is 5.56 Å². The molecule has 0 aliphatic carbocycles. The van der Waals surface area contributed by atoms with Crippen molar-refractivity contribution in [1.82, 2.24) is 9.99 Å². The molecular weight excluding hydrogens is 416 g/mol. The van der Waals surface area contributed by atoms with E-state index in [2.05, 4.69) is 10.5 Å². The number of nitro benzene ring substituents is 1. The average Bonchev–Trinajstić information content (AvgIpc) is 2.79. The summed E-state index contributed by atoms with van der Waals surface area (Å²) in [7, 11) is 2.89. The molecule has 0 aliphatic rings. The van der Waals surface area contributed by atoms with E-state index in [-0.39, 0.29) is 29.4 Å². The summed E-state index contributed by atoms with van der Waals surface area (Å²) in [6.07, 6.45) is 2.73. The Morgan fingerprint density at radius 3 is 2.66 bits per heavy atom. The minimum Gasteiger partial charge on any atom is -0.493 e. The fourth-order valence-corrected chi connectivity index (χ4v) is 2.84. The second-order valence-electron chi connectivity index (χ2n) is 6.64. The van der Waals surface area contributed by atoms with Gasteiger partial charge in [-0.1, -0.05) is 30.3 Å². The van der Waals surface area contributed by atoms with E-state index in [1.165, 1.54) is 49.3 Å². The van der Waals surface area contributed by atoms with Gasteiger partial charge in [-0.25, -0.2) is 5.43 Å². The number of pyridine rings is 1. The van der Waals surface area contributed by atoms with Gasteiger partial charge in [0.1, 0.15) is 12.2 Å². The number of aryl methyl sites for hydroxylation is 1. The van der Waals surface area contributed by atoms with Crippen LogP contribution in [0, 0.1) is 10.1 Å². The summed E-state index contributed by atoms with van der Waals surface area (Å²) < 4.78 is 12.2. The lowest BCUT2D eigenvalue weighted by Gasteiger charge is -2.12. The Balaban J connectivity index is 1.81. The van der Waals surface area contributed by atoms with Crippen LogP contribution in [0.5, 0.6) is 11.5 Å². The largest absolute Gasteiger partial charge is 0.493 e. The molecule has 0 spiro atoms. The molecule has 164 valence electrons. The van der Waals surface area contributed by atoms with E-state index in [1.807, 2.05) is 30.3 Å². The molecule has 1 aromatic heterocycles. The van der Waals surface area contributed by atoms with Crippen molar-refractivity contribution in [3.8, 4) is 11.5 Å². The predicted molar refractivity (Wildman–Crippen MR) is 117 cm³/mol. The quantitative estimate of drug-likeness (QED) is 0.329. The third-order valence-corrected chi connectivity index (χ3v) is 4.45. The SMILES string of the molecule is COc1cc(/C=N\NC(=O)c2cccn(C)c2=O)cc([N+](=O)[O-])c1OCc1ccccc1. The number of hydrogen-bond acceptors (Lipinski definition) is 7. The van der Waals surface area contributed by atoms with Gasteiger partial charge in [0.05, 0.1) is 18.2 Å². The van der Waals surface area contributed by atoms with Crippen LogP contribution in [-0.2, 0) is 13.7 Å². The van der Waals surface area contributed by atoms with Crippen molar-refractivity contribution in [2.24, 2.45) is 12.1 Å². The first-order valence-electron chi connectivity index (χ1n) is 9.43. The first kappa shape index (κ1) is 22.2. The number of methoxy groups -OCH3 is 1. The number of rotatable bonds is 8. The molecule has 0 bridgehead atoms. The van der Waals surface area contributed by atoms with Gasteiger partial charge in [-0.05, 0) is 23.8 Å². The number of nitro groups is 1. The van der Waals surface area contributed by atoms with Crippen molar-refractivity contribution in [2.45, 2.75) is 6.61 Å². The molecule has 1 N–H and O–H groups in total. The van der Waals surface area contributed by atoms with E-state index >= 15 is 0 Å². The number of hydrogen-bond donors (Lipinski definition) is 1. The van der Waals surface area contributed by atoms with Crippen LogP contribution in [-0.4, -0.2) is 28.7 Å². The minimum atomic E-state index is -0.702. The van der Waals surface area contributed by atoms with Gasteiger partial charge in [0, 0.05) is 24.9 Å². The van der Waals surface area contributed by atoms with Crippen LogP contribution in [0.25, 0.3) is 0 Å². The number of carbonyl (C=O) groups is 1. The Morgan fingerprint density at radius 1 is 1.22 bits per heavy atom. The molecular formula is C22H20N4O6. The third-order valence-electron chi connectivity index (χ3n) is 4.45. The van der Waals surface area contributed by atoms with E-state index in [1.54, 1.807) is 6.07 Å². The normalized spacial score (nSPS) is 10.7. The fourth-order valence-electron chi connectivity index (χ4n) is 2.84. The van der Waals surface area contributed by atoms with Crippen LogP contribution in [0.4, 0.5) is 5.69 Å². The van der Waals surface area contributed by atoms with Crippen molar-refractivity contribution >= 4 is 17.8 Å². The molecule has 1 heterocycles. The standard InChI is InChI=1S/C22H20N4O6/c1-25-10-6-9-17(22(25)28)21(27)24-23-13-16-11-18(26(29)30)20(19(12-16)31-2)32-14-15-7-4-3-5-8-15/h3-13H,14H2,1-2H3,(H,24,27)/b23-13-. The van der Waals surface area contributed by atoms with Crippen molar-refractivity contribution in [3.63, 3.8) is 0 Å². The molecule has 2 aromatic carbocycles. The summed E-state index contributed by atoms with van der Waals surface area (Å²) in [5.41, 5.74) is 2.50. The molecule has 32 heavy (non-hydrogen) atoms. The summed E-state index contributed by atoms with van der Waals surface area (Å²) in [5.74, 6) is -0.582. The molecule has 0 aliphatic heterocycles. The van der Waals surface area contributed by atoms with Crippen LogP contribution < -0.4 is 20.5 Å². The monoisotopic (exact) mass is 436 g/mol. The second-order valence-corrected chi connectivity index (χ2v) is 6.64. The second kappa shape index (κ2) is 10.0. The van der Waals surface area contributed by atoms with Gasteiger partial charge in [0.15, 0.2) is 5.75 Å². The van der Waals surface area contributed by atoms with E-state index in [4.69, 9.17) is 9.47 Å². The Kier molecular flexibility index (Phi) is 6.96. The van der Waals surface area contributed by atoms with Crippen molar-refractivity contribution in [1.29, 1.82) is 0 Å². The van der Waals surface area contributed by atoms with Crippen LogP contribution >= 0.6 is 0 Å². The summed E-state index contributed by atoms with van der Waals surface area (Å²) >= 11 is 0. The third kappa shape index (κ3) is 5.17. The molecule has 3 aromatic rings. The molecule has 10 heteroatoms. The number of nitrogens with one attached hydrogen (secondary N) is 1. The maximum atomic E-state index is 12.2. The highest BCUT2D eigenvalue weighted by atomic mass is 16.6. The van der Waals surface area contributed by atoms with Crippen molar-refractivity contribution in [3.05, 3.63) is 98.0 Å². The highest BCUT2D eigenvalue weighted by molar-refractivity contribution is 5.94. The van der Waals surface area contributed by atoms with Crippen LogP contribution in [0.1, 0.15) is 21.5 Å². The van der Waals surface area contributed by atoms with Gasteiger partial charge in [-0.15, -0.1) is 0 Å². The van der Waals surface area contributed by atoms with Gasteiger partial charge in [-0.3, -0.25) is 19.7 Å². The molecule has 3 rings (SSSR count). The lowest BCUT2D eigenvalue weighted by atomic mass is 10.1. The Labute approximate surface area is 182 Å². The molecule has 0 radical (unpaired) electrons. The number of aromatic nitrogens is 1. The fraction of sp³-hybridized carbons (Fsp3) is 0.136. The number of hydrazone groups is 1. The summed E-state index contributed by atoms with van der Waals surface area (Å²) in [6, 6.07) is 14.9. The number of carbonyl (C=O) groups excluding carboxylic acids is 1. The van der Waals surface area contributed by atoms with Crippen LogP contribution in [0.2, 0.25) is 0 Å². The molecule has 0 unspecified atom stereocenters. The number of nitrogens with zero attached hydrogens (tertiary/aromatic N) is 3. The van der Waals surface area contributed by atoms with Crippen LogP contribution in [0.15, 0.2) is 70.7 Å². The van der Waals surface area contributed by atoms with Crippen molar-refractivity contribution < 1.29 is 19.2 Å². The van der Waals surface area contributed by atoms with Crippen molar-refractivity contribution in [2.75, 3.05) is 7.11 Å². The maximum absolute atomic E-state index is 12.2. The molecule has 0 fully saturated rings. The Morgan fingerprint density at radius 2 is 1.97 bits per heavy atom. The molecule has 1 amide bonds. The zero-order valence-corrected chi connectivity index (χ0v) is 17.3. The first-order chi connectivity index (χ1) is 15.4. The summed E-state index contributed by atoms with van der Waals surface area (Å²) in [4.78, 5) is 35.2. The average molecular weight is 436 g/mol. The van der Waals surface area contributed by atoms with Gasteiger partial charge < -0.3 is 14.0 Å². The van der Waals surface area contributed by atoms with E-state index in [0.29, 0.717) is 5.56 Å². The predicted octanol–water partition coefficient (Wildman–Crippen LogP) is 2.65. The van der Waals surface area contributed by atoms with E-state index in [9.17, 15) is 19.7 Å².